The number of pyridine rings is 2. The molecule has 0 N–H and O–H groups in total. The summed E-state index contributed by atoms with van der Waals surface area (Å²) in [7, 11) is 0. The van der Waals surface area contributed by atoms with Gasteiger partial charge in [-0.3, -0.25) is 9.78 Å². The fourth-order valence-electron chi connectivity index (χ4n) is 2.45. The van der Waals surface area contributed by atoms with Gasteiger partial charge >= 0.3 is 0 Å². The summed E-state index contributed by atoms with van der Waals surface area (Å²) < 4.78 is 1.89. The van der Waals surface area contributed by atoms with Crippen LogP contribution in [0.15, 0.2) is 55.4 Å². The van der Waals surface area contributed by atoms with Gasteiger partial charge in [0.05, 0.1) is 18.0 Å². The Hall–Kier alpha value is -2.69. The van der Waals surface area contributed by atoms with Crippen LogP contribution in [-0.2, 0) is 6.42 Å². The number of hydrogen-bond acceptors (Lipinski definition) is 3. The van der Waals surface area contributed by atoms with Gasteiger partial charge in [0.2, 0.25) is 0 Å². The zero-order valence-corrected chi connectivity index (χ0v) is 12.5. The number of aromatic nitrogens is 3. The third kappa shape index (κ3) is 2.98. The molecule has 0 aliphatic heterocycles. The van der Waals surface area contributed by atoms with E-state index < -0.39 is 0 Å². The van der Waals surface area contributed by atoms with Crippen molar-refractivity contribution in [3.05, 3.63) is 66.5 Å². The summed E-state index contributed by atoms with van der Waals surface area (Å²) in [6.07, 6.45) is 9.74. The minimum Gasteiger partial charge on any atom is -0.339 e. The van der Waals surface area contributed by atoms with E-state index >= 15 is 0 Å². The summed E-state index contributed by atoms with van der Waals surface area (Å²) in [5.41, 5.74) is 2.81. The average Bonchev–Trinajstić information content (AvgIpc) is 3.03. The van der Waals surface area contributed by atoms with E-state index in [2.05, 4.69) is 9.97 Å². The number of imidazole rings is 1. The fourth-order valence-corrected chi connectivity index (χ4v) is 2.45. The number of carbonyl (C=O) groups excluding carboxylic acids is 1. The molecular formula is C17H18N4O. The van der Waals surface area contributed by atoms with Gasteiger partial charge in [-0.2, -0.15) is 0 Å². The molecule has 112 valence electrons. The molecule has 0 saturated heterocycles. The van der Waals surface area contributed by atoms with Crippen molar-refractivity contribution in [3.63, 3.8) is 0 Å². The highest BCUT2D eigenvalue weighted by Crippen LogP contribution is 2.10. The topological polar surface area (TPSA) is 50.5 Å². The summed E-state index contributed by atoms with van der Waals surface area (Å²) in [5.74, 6) is 0.0558. The van der Waals surface area contributed by atoms with E-state index in [1.165, 1.54) is 5.56 Å². The van der Waals surface area contributed by atoms with Gasteiger partial charge < -0.3 is 9.30 Å². The molecule has 0 aliphatic rings. The van der Waals surface area contributed by atoms with Crippen molar-refractivity contribution >= 4 is 11.4 Å². The van der Waals surface area contributed by atoms with Crippen molar-refractivity contribution in [1.82, 2.24) is 19.3 Å². The van der Waals surface area contributed by atoms with Gasteiger partial charge in [0, 0.05) is 37.2 Å². The summed E-state index contributed by atoms with van der Waals surface area (Å²) >= 11 is 0. The number of likely N-dealkylation sites (N-methyl/N-ethyl adjacent to an activating group) is 1. The summed E-state index contributed by atoms with van der Waals surface area (Å²) in [6.45, 7) is 3.39. The van der Waals surface area contributed by atoms with Gasteiger partial charge in [0.15, 0.2) is 0 Å². The number of fused-ring (bicyclic) bond motifs is 1. The predicted octanol–water partition coefficient (Wildman–Crippen LogP) is 2.43. The Morgan fingerprint density at radius 2 is 2.05 bits per heavy atom. The minimum absolute atomic E-state index is 0.0558. The van der Waals surface area contributed by atoms with E-state index in [1.54, 1.807) is 24.9 Å². The van der Waals surface area contributed by atoms with E-state index in [0.29, 0.717) is 18.7 Å². The second-order valence-corrected chi connectivity index (χ2v) is 5.13. The van der Waals surface area contributed by atoms with Crippen molar-refractivity contribution in [2.45, 2.75) is 13.3 Å². The molecule has 0 fully saturated rings. The largest absolute Gasteiger partial charge is 0.339 e. The standard InChI is InChI=1S/C17H18N4O/c1-2-20(9-5-14-3-7-18-8-4-14)17(22)15-6-10-21-13-19-12-16(21)11-15/h3-4,6-8,10-13H,2,5,9H2,1H3. The van der Waals surface area contributed by atoms with Gasteiger partial charge in [-0.1, -0.05) is 0 Å². The van der Waals surface area contributed by atoms with Crippen LogP contribution in [0.5, 0.6) is 0 Å². The van der Waals surface area contributed by atoms with Crippen molar-refractivity contribution < 1.29 is 4.79 Å². The second-order valence-electron chi connectivity index (χ2n) is 5.13. The Labute approximate surface area is 129 Å². The molecule has 5 nitrogen and oxygen atoms in total. The Bertz CT molecular complexity index is 766. The highest BCUT2D eigenvalue weighted by molar-refractivity contribution is 5.95. The normalized spacial score (nSPS) is 10.8. The van der Waals surface area contributed by atoms with Crippen LogP contribution in [0.1, 0.15) is 22.8 Å². The first-order valence-electron chi connectivity index (χ1n) is 7.38. The molecule has 3 aromatic rings. The first-order valence-corrected chi connectivity index (χ1v) is 7.38. The van der Waals surface area contributed by atoms with E-state index in [1.807, 2.05) is 46.7 Å². The van der Waals surface area contributed by atoms with E-state index in [-0.39, 0.29) is 5.91 Å². The maximum absolute atomic E-state index is 12.6. The van der Waals surface area contributed by atoms with E-state index in [9.17, 15) is 4.79 Å². The molecule has 0 atom stereocenters. The predicted molar refractivity (Wildman–Crippen MR) is 84.7 cm³/mol. The number of rotatable bonds is 5. The Balaban J connectivity index is 1.73. The molecule has 0 spiro atoms. The van der Waals surface area contributed by atoms with Crippen molar-refractivity contribution in [2.24, 2.45) is 0 Å². The molecule has 0 radical (unpaired) electrons. The van der Waals surface area contributed by atoms with Crippen molar-refractivity contribution in [1.29, 1.82) is 0 Å². The van der Waals surface area contributed by atoms with Gasteiger partial charge in [-0.25, -0.2) is 4.98 Å². The van der Waals surface area contributed by atoms with Gasteiger partial charge in [0.25, 0.3) is 5.91 Å². The zero-order valence-electron chi connectivity index (χ0n) is 12.5. The number of hydrogen-bond donors (Lipinski definition) is 0. The SMILES string of the molecule is CCN(CCc1ccncc1)C(=O)c1ccn2cncc2c1. The molecule has 22 heavy (non-hydrogen) atoms. The van der Waals surface area contributed by atoms with Crippen LogP contribution < -0.4 is 0 Å². The monoisotopic (exact) mass is 294 g/mol. The molecule has 0 saturated carbocycles. The summed E-state index contributed by atoms with van der Waals surface area (Å²) in [6, 6.07) is 7.68. The van der Waals surface area contributed by atoms with Gasteiger partial charge in [-0.05, 0) is 43.2 Å². The molecular weight excluding hydrogens is 276 g/mol. The number of carbonyl (C=O) groups is 1. The Kier molecular flexibility index (Phi) is 4.14. The molecule has 0 aromatic carbocycles. The molecule has 3 aromatic heterocycles. The lowest BCUT2D eigenvalue weighted by Crippen LogP contribution is -2.32. The molecule has 0 unspecified atom stereocenters. The fraction of sp³-hybridized carbons (Fsp3) is 0.235. The molecule has 0 bridgehead atoms. The van der Waals surface area contributed by atoms with Crippen LogP contribution in [0.25, 0.3) is 5.52 Å². The van der Waals surface area contributed by atoms with Crippen LogP contribution in [0.4, 0.5) is 0 Å². The molecule has 3 rings (SSSR count). The lowest BCUT2D eigenvalue weighted by molar-refractivity contribution is 0.0766. The number of nitrogens with zero attached hydrogens (tertiary/aromatic N) is 4. The average molecular weight is 294 g/mol. The minimum atomic E-state index is 0.0558. The van der Waals surface area contributed by atoms with E-state index in [0.717, 1.165) is 11.9 Å². The van der Waals surface area contributed by atoms with Gasteiger partial charge in [0.1, 0.15) is 0 Å². The van der Waals surface area contributed by atoms with Crippen LogP contribution in [-0.4, -0.2) is 38.3 Å². The highest BCUT2D eigenvalue weighted by atomic mass is 16.2. The van der Waals surface area contributed by atoms with Crippen LogP contribution in [0, 0.1) is 0 Å². The maximum atomic E-state index is 12.6. The zero-order chi connectivity index (χ0) is 15.4. The third-order valence-corrected chi connectivity index (χ3v) is 3.75. The summed E-state index contributed by atoms with van der Waals surface area (Å²) in [5, 5.41) is 0. The quantitative estimate of drug-likeness (QED) is 0.726. The highest BCUT2D eigenvalue weighted by Gasteiger charge is 2.14. The maximum Gasteiger partial charge on any atom is 0.253 e. The Morgan fingerprint density at radius 1 is 1.23 bits per heavy atom. The first kappa shape index (κ1) is 14.3. The lowest BCUT2D eigenvalue weighted by Gasteiger charge is -2.21. The van der Waals surface area contributed by atoms with Gasteiger partial charge in [-0.15, -0.1) is 0 Å². The van der Waals surface area contributed by atoms with Crippen molar-refractivity contribution in [3.8, 4) is 0 Å². The summed E-state index contributed by atoms with van der Waals surface area (Å²) in [4.78, 5) is 22.6. The van der Waals surface area contributed by atoms with E-state index in [4.69, 9.17) is 0 Å². The van der Waals surface area contributed by atoms with Crippen LogP contribution >= 0.6 is 0 Å². The molecule has 5 heteroatoms. The lowest BCUT2D eigenvalue weighted by atomic mass is 10.1. The third-order valence-electron chi connectivity index (χ3n) is 3.75. The molecule has 1 amide bonds. The second kappa shape index (κ2) is 6.39. The Morgan fingerprint density at radius 3 is 2.82 bits per heavy atom. The van der Waals surface area contributed by atoms with Crippen LogP contribution in [0.2, 0.25) is 0 Å². The molecule has 3 heterocycles. The molecule has 0 aliphatic carbocycles. The van der Waals surface area contributed by atoms with Crippen LogP contribution in [0.3, 0.4) is 0 Å². The first-order chi connectivity index (χ1) is 10.8. The number of amides is 1. The van der Waals surface area contributed by atoms with Crippen molar-refractivity contribution in [2.75, 3.05) is 13.1 Å². The smallest absolute Gasteiger partial charge is 0.253 e.